The zero-order chi connectivity index (χ0) is 22.8. The molecule has 1 amide bonds. The van der Waals surface area contributed by atoms with E-state index in [9.17, 15) is 9.59 Å². The summed E-state index contributed by atoms with van der Waals surface area (Å²) in [5, 5.41) is 2.74. The Balaban J connectivity index is 1.64. The number of hydrogen-bond acceptors (Lipinski definition) is 3. The van der Waals surface area contributed by atoms with Crippen LogP contribution in [0.25, 0.3) is 33.5 Å². The van der Waals surface area contributed by atoms with Gasteiger partial charge in [0.15, 0.2) is 0 Å². The average Bonchev–Trinajstić information content (AvgIpc) is 3.16. The molecule has 2 aromatic heterocycles. The molecule has 3 aromatic carbocycles. The molecular weight excluding hydrogens is 412 g/mol. The third-order valence-electron chi connectivity index (χ3n) is 5.43. The highest BCUT2D eigenvalue weighted by Crippen LogP contribution is 2.24. The van der Waals surface area contributed by atoms with Crippen LogP contribution in [0.2, 0.25) is 0 Å². The van der Waals surface area contributed by atoms with E-state index < -0.39 is 0 Å². The maximum absolute atomic E-state index is 13.6. The van der Waals surface area contributed by atoms with E-state index in [-0.39, 0.29) is 11.6 Å². The van der Waals surface area contributed by atoms with Crippen LogP contribution in [-0.2, 0) is 4.79 Å². The maximum atomic E-state index is 13.6. The van der Waals surface area contributed by atoms with Crippen LogP contribution in [0, 0.1) is 0 Å². The minimum atomic E-state index is -0.315. The molecule has 1 N–H and O–H groups in total. The van der Waals surface area contributed by atoms with Crippen molar-refractivity contribution < 1.29 is 4.79 Å². The van der Waals surface area contributed by atoms with Gasteiger partial charge in [-0.15, -0.1) is 0 Å². The third-order valence-corrected chi connectivity index (χ3v) is 5.43. The van der Waals surface area contributed by atoms with Crippen molar-refractivity contribution in [2.75, 3.05) is 5.32 Å². The standard InChI is InChI=1S/C27H20N4O2/c1-2-26(32)29-21-9-6-10-23(17-21)31-24-15-16-28-18-25(24)30(27(31)33)22-13-11-20(12-14-22)19-7-4-3-5-8-19/h2-18H,1H2,(H,29,32). The number of carbonyl (C=O) groups is 1. The van der Waals surface area contributed by atoms with Crippen LogP contribution in [0.4, 0.5) is 5.69 Å². The topological polar surface area (TPSA) is 68.9 Å². The molecule has 0 fully saturated rings. The van der Waals surface area contributed by atoms with Crippen LogP contribution < -0.4 is 11.0 Å². The molecule has 6 heteroatoms. The van der Waals surface area contributed by atoms with E-state index >= 15 is 0 Å². The van der Waals surface area contributed by atoms with Gasteiger partial charge >= 0.3 is 5.69 Å². The van der Waals surface area contributed by atoms with Crippen molar-refractivity contribution in [1.29, 1.82) is 0 Å². The van der Waals surface area contributed by atoms with Crippen molar-refractivity contribution >= 4 is 22.6 Å². The number of fused-ring (bicyclic) bond motifs is 1. The average molecular weight is 432 g/mol. The fraction of sp³-hybridized carbons (Fsp3) is 0. The fourth-order valence-corrected chi connectivity index (χ4v) is 3.89. The molecule has 160 valence electrons. The number of amides is 1. The van der Waals surface area contributed by atoms with E-state index in [4.69, 9.17) is 0 Å². The number of nitrogens with one attached hydrogen (secondary N) is 1. The summed E-state index contributed by atoms with van der Waals surface area (Å²) in [5.74, 6) is -0.315. The molecule has 5 rings (SSSR count). The van der Waals surface area contributed by atoms with Gasteiger partial charge in [-0.3, -0.25) is 18.9 Å². The molecule has 33 heavy (non-hydrogen) atoms. The number of aromatic nitrogens is 3. The number of anilines is 1. The third kappa shape index (κ3) is 3.74. The zero-order valence-electron chi connectivity index (χ0n) is 17.7. The Morgan fingerprint density at radius 2 is 1.55 bits per heavy atom. The summed E-state index contributed by atoms with van der Waals surface area (Å²) in [7, 11) is 0. The highest BCUT2D eigenvalue weighted by Gasteiger charge is 2.16. The van der Waals surface area contributed by atoms with Crippen LogP contribution in [0.15, 0.2) is 115 Å². The quantitative estimate of drug-likeness (QED) is 0.399. The van der Waals surface area contributed by atoms with Crippen molar-refractivity contribution in [3.05, 3.63) is 120 Å². The second kappa shape index (κ2) is 8.43. The SMILES string of the molecule is C=CC(=O)Nc1cccc(-n2c(=O)n(-c3ccc(-c4ccccc4)cc3)c3cnccc32)c1. The summed E-state index contributed by atoms with van der Waals surface area (Å²) in [6, 6.07) is 26.9. The number of nitrogens with zero attached hydrogens (tertiary/aromatic N) is 3. The molecule has 0 aliphatic heterocycles. The van der Waals surface area contributed by atoms with Crippen LogP contribution in [-0.4, -0.2) is 20.0 Å². The highest BCUT2D eigenvalue weighted by atomic mass is 16.2. The molecule has 0 unspecified atom stereocenters. The molecular formula is C27H20N4O2. The summed E-state index contributed by atoms with van der Waals surface area (Å²) in [5.41, 5.74) is 5.32. The minimum Gasteiger partial charge on any atom is -0.322 e. The first-order valence-electron chi connectivity index (χ1n) is 10.4. The maximum Gasteiger partial charge on any atom is 0.338 e. The normalized spacial score (nSPS) is 10.8. The van der Waals surface area contributed by atoms with E-state index in [1.165, 1.54) is 6.08 Å². The van der Waals surface area contributed by atoms with Gasteiger partial charge in [0.05, 0.1) is 28.6 Å². The van der Waals surface area contributed by atoms with Gasteiger partial charge in [-0.25, -0.2) is 4.79 Å². The Hall–Kier alpha value is -4.71. The molecule has 0 atom stereocenters. The van der Waals surface area contributed by atoms with Crippen LogP contribution in [0.5, 0.6) is 0 Å². The molecule has 0 radical (unpaired) electrons. The van der Waals surface area contributed by atoms with Crippen molar-refractivity contribution in [1.82, 2.24) is 14.1 Å². The highest BCUT2D eigenvalue weighted by molar-refractivity contribution is 5.99. The van der Waals surface area contributed by atoms with E-state index in [0.29, 0.717) is 22.4 Å². The van der Waals surface area contributed by atoms with Gasteiger partial charge in [-0.2, -0.15) is 0 Å². The van der Waals surface area contributed by atoms with E-state index in [2.05, 4.69) is 29.0 Å². The number of imidazole rings is 1. The Morgan fingerprint density at radius 1 is 0.818 bits per heavy atom. The first-order chi connectivity index (χ1) is 16.2. The van der Waals surface area contributed by atoms with Crippen molar-refractivity contribution in [2.24, 2.45) is 0 Å². The molecule has 2 heterocycles. The molecule has 5 aromatic rings. The van der Waals surface area contributed by atoms with Crippen LogP contribution in [0.1, 0.15) is 0 Å². The van der Waals surface area contributed by atoms with Crippen molar-refractivity contribution in [2.45, 2.75) is 0 Å². The van der Waals surface area contributed by atoms with Crippen LogP contribution >= 0.6 is 0 Å². The summed E-state index contributed by atoms with van der Waals surface area (Å²) >= 11 is 0. The van der Waals surface area contributed by atoms with Crippen molar-refractivity contribution in [3.8, 4) is 22.5 Å². The van der Waals surface area contributed by atoms with E-state index in [0.717, 1.165) is 16.8 Å². The Labute approximate surface area is 190 Å². The molecule has 0 saturated heterocycles. The zero-order valence-corrected chi connectivity index (χ0v) is 17.7. The van der Waals surface area contributed by atoms with Crippen molar-refractivity contribution in [3.63, 3.8) is 0 Å². The number of rotatable bonds is 5. The van der Waals surface area contributed by atoms with Gasteiger partial charge in [0.25, 0.3) is 0 Å². The number of hydrogen-bond donors (Lipinski definition) is 1. The van der Waals surface area contributed by atoms with E-state index in [1.54, 1.807) is 45.8 Å². The smallest absolute Gasteiger partial charge is 0.322 e. The summed E-state index contributed by atoms with van der Waals surface area (Å²) in [6.45, 7) is 3.48. The number of benzene rings is 3. The molecule has 0 saturated carbocycles. The van der Waals surface area contributed by atoms with Gasteiger partial charge in [-0.05, 0) is 53.6 Å². The lowest BCUT2D eigenvalue weighted by atomic mass is 10.1. The van der Waals surface area contributed by atoms with Gasteiger partial charge in [0.2, 0.25) is 5.91 Å². The van der Waals surface area contributed by atoms with Gasteiger partial charge in [-0.1, -0.05) is 55.1 Å². The Kier molecular flexibility index (Phi) is 5.16. The monoisotopic (exact) mass is 432 g/mol. The fourth-order valence-electron chi connectivity index (χ4n) is 3.89. The predicted octanol–water partition coefficient (Wildman–Crippen LogP) is 4.97. The molecule has 6 nitrogen and oxygen atoms in total. The molecule has 0 bridgehead atoms. The van der Waals surface area contributed by atoms with E-state index in [1.807, 2.05) is 48.5 Å². The first-order valence-corrected chi connectivity index (χ1v) is 10.4. The largest absolute Gasteiger partial charge is 0.338 e. The van der Waals surface area contributed by atoms with Gasteiger partial charge < -0.3 is 5.32 Å². The second-order valence-corrected chi connectivity index (χ2v) is 7.47. The Bertz CT molecular complexity index is 1530. The molecule has 0 aliphatic rings. The number of carbonyl (C=O) groups excluding carboxylic acids is 1. The Morgan fingerprint density at radius 3 is 2.30 bits per heavy atom. The van der Waals surface area contributed by atoms with Gasteiger partial charge in [0.1, 0.15) is 0 Å². The lowest BCUT2D eigenvalue weighted by Crippen LogP contribution is -2.22. The van der Waals surface area contributed by atoms with Crippen LogP contribution in [0.3, 0.4) is 0 Å². The summed E-state index contributed by atoms with van der Waals surface area (Å²) < 4.78 is 3.26. The van der Waals surface area contributed by atoms with Gasteiger partial charge in [0, 0.05) is 11.9 Å². The lowest BCUT2D eigenvalue weighted by molar-refractivity contribution is -0.111. The minimum absolute atomic E-state index is 0.224. The summed E-state index contributed by atoms with van der Waals surface area (Å²) in [6.07, 6.45) is 4.54. The predicted molar refractivity (Wildman–Crippen MR) is 131 cm³/mol. The summed E-state index contributed by atoms with van der Waals surface area (Å²) in [4.78, 5) is 29.6. The lowest BCUT2D eigenvalue weighted by Gasteiger charge is -2.07. The molecule has 0 aliphatic carbocycles. The number of pyridine rings is 1. The molecule has 0 spiro atoms. The first kappa shape index (κ1) is 20.2. The second-order valence-electron chi connectivity index (χ2n) is 7.47.